The summed E-state index contributed by atoms with van der Waals surface area (Å²) in [5.74, 6) is 0.326. The number of rotatable bonds is 4. The van der Waals surface area contributed by atoms with E-state index < -0.39 is 10.0 Å². The maximum absolute atomic E-state index is 12.3. The Balaban J connectivity index is 2.05. The fourth-order valence-electron chi connectivity index (χ4n) is 2.40. The first kappa shape index (κ1) is 16.7. The molecule has 1 aromatic carbocycles. The number of sulfonamides is 1. The summed E-state index contributed by atoms with van der Waals surface area (Å²) in [6, 6.07) is 5.11. The Bertz CT molecular complexity index is 580. The highest BCUT2D eigenvalue weighted by Gasteiger charge is 2.23. The van der Waals surface area contributed by atoms with Gasteiger partial charge in [-0.2, -0.15) is 0 Å². The van der Waals surface area contributed by atoms with E-state index in [9.17, 15) is 8.42 Å². The van der Waals surface area contributed by atoms with Crippen molar-refractivity contribution in [1.82, 2.24) is 4.72 Å². The molecule has 0 aromatic heterocycles. The van der Waals surface area contributed by atoms with Crippen molar-refractivity contribution < 1.29 is 8.42 Å². The van der Waals surface area contributed by atoms with Gasteiger partial charge >= 0.3 is 0 Å². The second-order valence-electron chi connectivity index (χ2n) is 5.06. The largest absolute Gasteiger partial charge is 0.241 e. The van der Waals surface area contributed by atoms with Crippen molar-refractivity contribution in [3.63, 3.8) is 0 Å². The lowest BCUT2D eigenvalue weighted by Gasteiger charge is -2.25. The molecule has 0 amide bonds. The monoisotopic (exact) mass is 443 g/mol. The predicted octanol–water partition coefficient (Wildman–Crippen LogP) is 4.29. The highest BCUT2D eigenvalue weighted by atomic mass is 79.9. The number of nitrogens with one attached hydrogen (secondary N) is 1. The Morgan fingerprint density at radius 3 is 2.75 bits per heavy atom. The van der Waals surface area contributed by atoms with Crippen LogP contribution in [-0.2, 0) is 10.0 Å². The van der Waals surface area contributed by atoms with Gasteiger partial charge in [0.2, 0.25) is 10.0 Å². The Hall–Kier alpha value is 0.380. The molecule has 3 nitrogen and oxygen atoms in total. The van der Waals surface area contributed by atoms with Gasteiger partial charge in [0, 0.05) is 20.9 Å². The van der Waals surface area contributed by atoms with Crippen LogP contribution in [-0.4, -0.2) is 20.3 Å². The minimum atomic E-state index is -3.50. The smallest absolute Gasteiger partial charge is 0.211 e. The lowest BCUT2D eigenvalue weighted by Crippen LogP contribution is -2.32. The first-order valence-electron chi connectivity index (χ1n) is 6.47. The number of hydrogen-bond donors (Lipinski definition) is 1. The lowest BCUT2D eigenvalue weighted by molar-refractivity contribution is 0.361. The maximum atomic E-state index is 12.3. The molecular formula is C13H16Br2ClNO2S. The summed E-state index contributed by atoms with van der Waals surface area (Å²) < 4.78 is 28.7. The third-order valence-electron chi connectivity index (χ3n) is 3.46. The molecule has 0 bridgehead atoms. The van der Waals surface area contributed by atoms with E-state index in [1.165, 1.54) is 0 Å². The Morgan fingerprint density at radius 1 is 1.30 bits per heavy atom. The van der Waals surface area contributed by atoms with E-state index >= 15 is 0 Å². The number of alkyl halides is 1. The average Bonchev–Trinajstić information content (AvgIpc) is 2.39. The number of hydrogen-bond acceptors (Lipinski definition) is 2. The maximum Gasteiger partial charge on any atom is 0.241 e. The van der Waals surface area contributed by atoms with Gasteiger partial charge in [0.1, 0.15) is 0 Å². The van der Waals surface area contributed by atoms with Crippen molar-refractivity contribution in [2.24, 2.45) is 5.92 Å². The van der Waals surface area contributed by atoms with Crippen LogP contribution in [0.2, 0.25) is 0 Å². The van der Waals surface area contributed by atoms with Crippen molar-refractivity contribution in [3.8, 4) is 0 Å². The Kier molecular flexibility index (Phi) is 5.94. The van der Waals surface area contributed by atoms with Crippen LogP contribution >= 0.6 is 43.5 Å². The molecule has 0 saturated heterocycles. The number of benzene rings is 1. The first-order valence-corrected chi connectivity index (χ1v) is 9.98. The molecule has 0 heterocycles. The van der Waals surface area contributed by atoms with Gasteiger partial charge in [0.15, 0.2) is 0 Å². The minimum absolute atomic E-state index is 0.177. The van der Waals surface area contributed by atoms with Crippen LogP contribution in [0.4, 0.5) is 0 Å². The normalized spacial score (nSPS) is 23.8. The quantitative estimate of drug-likeness (QED) is 0.703. The molecule has 1 aliphatic rings. The highest BCUT2D eigenvalue weighted by molar-refractivity contribution is 9.11. The molecule has 1 aromatic rings. The summed E-state index contributed by atoms with van der Waals surface area (Å²) in [4.78, 5) is 0.255. The first-order chi connectivity index (χ1) is 9.38. The van der Waals surface area contributed by atoms with Gasteiger partial charge in [-0.3, -0.25) is 0 Å². The average molecular weight is 446 g/mol. The van der Waals surface area contributed by atoms with E-state index in [1.54, 1.807) is 18.2 Å². The molecule has 7 heteroatoms. The molecule has 1 N–H and O–H groups in total. The van der Waals surface area contributed by atoms with Crippen molar-refractivity contribution in [1.29, 1.82) is 0 Å². The zero-order valence-corrected chi connectivity index (χ0v) is 15.5. The summed E-state index contributed by atoms with van der Waals surface area (Å²) in [6.07, 6.45) is 4.01. The number of halogens is 3. The third kappa shape index (κ3) is 4.44. The SMILES string of the molecule is O=S(=O)(NCC1CCCC(Cl)C1)c1cc(Br)ccc1Br. The van der Waals surface area contributed by atoms with E-state index in [4.69, 9.17) is 11.6 Å². The zero-order valence-electron chi connectivity index (χ0n) is 10.8. The van der Waals surface area contributed by atoms with Crippen LogP contribution in [0.3, 0.4) is 0 Å². The summed E-state index contributed by atoms with van der Waals surface area (Å²) in [5, 5.41) is 0.177. The second-order valence-corrected chi connectivity index (χ2v) is 9.18. The van der Waals surface area contributed by atoms with Crippen molar-refractivity contribution in [3.05, 3.63) is 27.1 Å². The van der Waals surface area contributed by atoms with E-state index in [0.717, 1.165) is 30.2 Å². The van der Waals surface area contributed by atoms with Crippen molar-refractivity contribution in [2.45, 2.75) is 36.0 Å². The molecule has 0 spiro atoms. The third-order valence-corrected chi connectivity index (χ3v) is 6.77. The molecule has 1 saturated carbocycles. The summed E-state index contributed by atoms with van der Waals surface area (Å²) in [7, 11) is -3.50. The van der Waals surface area contributed by atoms with E-state index in [1.807, 2.05) is 0 Å². The molecule has 0 aliphatic heterocycles. The summed E-state index contributed by atoms with van der Waals surface area (Å²) >= 11 is 12.7. The van der Waals surface area contributed by atoms with E-state index in [0.29, 0.717) is 16.9 Å². The topological polar surface area (TPSA) is 46.2 Å². The van der Waals surface area contributed by atoms with Crippen LogP contribution in [0.1, 0.15) is 25.7 Å². The molecule has 112 valence electrons. The van der Waals surface area contributed by atoms with Gasteiger partial charge in [-0.15, -0.1) is 11.6 Å². The highest BCUT2D eigenvalue weighted by Crippen LogP contribution is 2.29. The van der Waals surface area contributed by atoms with Crippen LogP contribution in [0, 0.1) is 5.92 Å². The van der Waals surface area contributed by atoms with Crippen molar-refractivity contribution >= 4 is 53.5 Å². The second kappa shape index (κ2) is 7.09. The van der Waals surface area contributed by atoms with Crippen LogP contribution in [0.25, 0.3) is 0 Å². The predicted molar refractivity (Wildman–Crippen MR) is 88.6 cm³/mol. The molecule has 2 rings (SSSR count). The lowest BCUT2D eigenvalue weighted by atomic mass is 9.89. The van der Waals surface area contributed by atoms with Gasteiger partial charge in [-0.05, 0) is 59.3 Å². The summed E-state index contributed by atoms with van der Waals surface area (Å²) in [5.41, 5.74) is 0. The van der Waals surface area contributed by atoms with Crippen LogP contribution in [0.5, 0.6) is 0 Å². The molecule has 0 radical (unpaired) electrons. The molecule has 20 heavy (non-hydrogen) atoms. The van der Waals surface area contributed by atoms with E-state index in [-0.39, 0.29) is 10.3 Å². The van der Waals surface area contributed by atoms with Gasteiger partial charge in [-0.1, -0.05) is 22.4 Å². The van der Waals surface area contributed by atoms with Gasteiger partial charge < -0.3 is 0 Å². The van der Waals surface area contributed by atoms with E-state index in [2.05, 4.69) is 36.6 Å². The molecule has 1 aliphatic carbocycles. The molecule has 2 unspecified atom stereocenters. The fraction of sp³-hybridized carbons (Fsp3) is 0.538. The minimum Gasteiger partial charge on any atom is -0.211 e. The Morgan fingerprint density at radius 2 is 2.05 bits per heavy atom. The fourth-order valence-corrected chi connectivity index (χ4v) is 5.42. The van der Waals surface area contributed by atoms with Crippen molar-refractivity contribution in [2.75, 3.05) is 6.54 Å². The zero-order chi connectivity index (χ0) is 14.8. The Labute approximate surface area is 141 Å². The molecule has 1 fully saturated rings. The van der Waals surface area contributed by atoms with Crippen LogP contribution < -0.4 is 4.72 Å². The standard InChI is InChI=1S/C13H16Br2ClNO2S/c14-10-4-5-12(15)13(7-10)20(18,19)17-8-9-2-1-3-11(16)6-9/h4-5,7,9,11,17H,1-3,6,8H2. The van der Waals surface area contributed by atoms with Gasteiger partial charge in [0.25, 0.3) is 0 Å². The molecular weight excluding hydrogens is 429 g/mol. The summed E-state index contributed by atoms with van der Waals surface area (Å²) in [6.45, 7) is 0.449. The van der Waals surface area contributed by atoms with Crippen LogP contribution in [0.15, 0.2) is 32.0 Å². The van der Waals surface area contributed by atoms with Gasteiger partial charge in [0.05, 0.1) is 4.90 Å². The molecule has 2 atom stereocenters. The van der Waals surface area contributed by atoms with Gasteiger partial charge in [-0.25, -0.2) is 13.1 Å².